The topological polar surface area (TPSA) is 113 Å². The Morgan fingerprint density at radius 2 is 1.71 bits per heavy atom. The lowest BCUT2D eigenvalue weighted by atomic mass is 9.93. The third kappa shape index (κ3) is 8.22. The van der Waals surface area contributed by atoms with Gasteiger partial charge in [0, 0.05) is 32.9 Å². The molecule has 0 amide bonds. The number of nitrogens with two attached hydrogens (primary N) is 1. The van der Waals surface area contributed by atoms with Gasteiger partial charge in [-0.05, 0) is 37.3 Å². The van der Waals surface area contributed by atoms with Gasteiger partial charge in [0.15, 0.2) is 0 Å². The van der Waals surface area contributed by atoms with Crippen molar-refractivity contribution in [2.24, 2.45) is 5.73 Å². The second-order valence-corrected chi connectivity index (χ2v) is 9.69. The molecule has 0 atom stereocenters. The third-order valence-corrected chi connectivity index (χ3v) is 6.56. The number of hydrogen-bond acceptors (Lipinski definition) is 9. The minimum Gasteiger partial charge on any atom is -0.378 e. The van der Waals surface area contributed by atoms with E-state index in [1.807, 2.05) is 43.3 Å². The number of anilines is 2. The molecule has 0 spiro atoms. The van der Waals surface area contributed by atoms with Crippen LogP contribution in [0, 0.1) is 0 Å². The molecule has 0 aliphatic heterocycles. The fourth-order valence-electron chi connectivity index (χ4n) is 4.72. The summed E-state index contributed by atoms with van der Waals surface area (Å²) in [5, 5.41) is 8.22. The number of hydrogen-bond donors (Lipinski definition) is 2. The maximum atomic E-state index is 6.01. The van der Waals surface area contributed by atoms with Crippen molar-refractivity contribution in [3.63, 3.8) is 0 Å². The van der Waals surface area contributed by atoms with Crippen molar-refractivity contribution < 1.29 is 14.2 Å². The molecule has 10 heteroatoms. The first-order valence-electron chi connectivity index (χ1n) is 13.5. The number of nitrogens with one attached hydrogen (secondary N) is 1. The van der Waals surface area contributed by atoms with Crippen molar-refractivity contribution in [2.75, 3.05) is 63.9 Å². The zero-order valence-electron chi connectivity index (χ0n) is 22.6. The van der Waals surface area contributed by atoms with Crippen molar-refractivity contribution in [3.8, 4) is 11.3 Å². The molecule has 38 heavy (non-hydrogen) atoms. The van der Waals surface area contributed by atoms with Gasteiger partial charge in [-0.2, -0.15) is 5.10 Å². The van der Waals surface area contributed by atoms with Crippen LogP contribution in [0.1, 0.15) is 31.2 Å². The SMILES string of the molecule is CN(C)c1c(-c2ccnc(N[C@H]3CC[C@H](OCCOCCOCCN)CC3)n2)cnn1Cc1ccccc1. The predicted molar refractivity (Wildman–Crippen MR) is 149 cm³/mol. The highest BCUT2D eigenvalue weighted by Gasteiger charge is 2.23. The minimum absolute atomic E-state index is 0.274. The lowest BCUT2D eigenvalue weighted by Crippen LogP contribution is -2.31. The normalized spacial score (nSPS) is 17.4. The minimum atomic E-state index is 0.274. The Kier molecular flexibility index (Phi) is 10.9. The zero-order chi connectivity index (χ0) is 26.6. The molecule has 206 valence electrons. The average molecular weight is 524 g/mol. The van der Waals surface area contributed by atoms with Crippen LogP contribution in [0.2, 0.25) is 0 Å². The third-order valence-electron chi connectivity index (χ3n) is 6.56. The summed E-state index contributed by atoms with van der Waals surface area (Å²) in [6, 6.07) is 12.6. The summed E-state index contributed by atoms with van der Waals surface area (Å²) in [6.45, 7) is 4.15. The van der Waals surface area contributed by atoms with Crippen LogP contribution in [0.4, 0.5) is 11.8 Å². The first kappa shape index (κ1) is 28.0. The molecule has 2 aromatic heterocycles. The molecule has 1 aliphatic carbocycles. The predicted octanol–water partition coefficient (Wildman–Crippen LogP) is 3.19. The molecule has 2 heterocycles. The van der Waals surface area contributed by atoms with Gasteiger partial charge in [-0.25, -0.2) is 14.6 Å². The molecule has 1 fully saturated rings. The number of rotatable bonds is 15. The van der Waals surface area contributed by atoms with Gasteiger partial charge in [-0.15, -0.1) is 0 Å². The van der Waals surface area contributed by atoms with Gasteiger partial charge >= 0.3 is 0 Å². The molecule has 0 saturated heterocycles. The fraction of sp³-hybridized carbons (Fsp3) is 0.536. The smallest absolute Gasteiger partial charge is 0.223 e. The molecule has 1 aromatic carbocycles. The largest absolute Gasteiger partial charge is 0.378 e. The van der Waals surface area contributed by atoms with Gasteiger partial charge in [-0.3, -0.25) is 0 Å². The van der Waals surface area contributed by atoms with Crippen LogP contribution in [0.3, 0.4) is 0 Å². The van der Waals surface area contributed by atoms with Crippen LogP contribution in [0.15, 0.2) is 48.8 Å². The van der Waals surface area contributed by atoms with Crippen LogP contribution < -0.4 is 16.0 Å². The summed E-state index contributed by atoms with van der Waals surface area (Å²) in [4.78, 5) is 11.4. The quantitative estimate of drug-likeness (QED) is 0.290. The van der Waals surface area contributed by atoms with Crippen LogP contribution in [-0.4, -0.2) is 85.6 Å². The molecule has 0 radical (unpaired) electrons. The number of benzene rings is 1. The van der Waals surface area contributed by atoms with E-state index >= 15 is 0 Å². The molecule has 0 bridgehead atoms. The fourth-order valence-corrected chi connectivity index (χ4v) is 4.72. The highest BCUT2D eigenvalue weighted by molar-refractivity contribution is 5.73. The van der Waals surface area contributed by atoms with E-state index in [1.54, 1.807) is 0 Å². The van der Waals surface area contributed by atoms with E-state index in [0.29, 0.717) is 58.1 Å². The second kappa shape index (κ2) is 14.8. The Morgan fingerprint density at radius 3 is 2.45 bits per heavy atom. The first-order chi connectivity index (χ1) is 18.6. The highest BCUT2D eigenvalue weighted by Crippen LogP contribution is 2.30. The van der Waals surface area contributed by atoms with Crippen LogP contribution in [0.5, 0.6) is 0 Å². The van der Waals surface area contributed by atoms with E-state index in [4.69, 9.17) is 24.9 Å². The Hall–Kier alpha value is -3.05. The maximum absolute atomic E-state index is 6.01. The first-order valence-corrected chi connectivity index (χ1v) is 13.5. The molecule has 3 N–H and O–H groups in total. The van der Waals surface area contributed by atoms with Crippen molar-refractivity contribution >= 4 is 11.8 Å². The van der Waals surface area contributed by atoms with Crippen LogP contribution in [0.25, 0.3) is 11.3 Å². The molecular weight excluding hydrogens is 482 g/mol. The summed E-state index contributed by atoms with van der Waals surface area (Å²) in [6.07, 6.45) is 8.03. The Morgan fingerprint density at radius 1 is 0.974 bits per heavy atom. The average Bonchev–Trinajstić information content (AvgIpc) is 3.36. The van der Waals surface area contributed by atoms with Crippen molar-refractivity contribution in [1.29, 1.82) is 0 Å². The molecule has 3 aromatic rings. The van der Waals surface area contributed by atoms with E-state index in [-0.39, 0.29) is 6.10 Å². The van der Waals surface area contributed by atoms with Gasteiger partial charge in [0.2, 0.25) is 5.95 Å². The molecule has 0 unspecified atom stereocenters. The summed E-state index contributed by atoms with van der Waals surface area (Å²) >= 11 is 0. The van der Waals surface area contributed by atoms with E-state index in [9.17, 15) is 0 Å². The lowest BCUT2D eigenvalue weighted by Gasteiger charge is -2.29. The number of aromatic nitrogens is 4. The Bertz CT molecular complexity index is 1090. The summed E-state index contributed by atoms with van der Waals surface area (Å²) in [5.74, 6) is 1.67. The number of ether oxygens (including phenoxy) is 3. The second-order valence-electron chi connectivity index (χ2n) is 9.69. The van der Waals surface area contributed by atoms with E-state index in [0.717, 1.165) is 42.8 Å². The molecular formula is C28H41N7O3. The Balaban J connectivity index is 1.27. The lowest BCUT2D eigenvalue weighted by molar-refractivity contribution is -0.0222. The van der Waals surface area contributed by atoms with Gasteiger partial charge in [0.05, 0.1) is 63.1 Å². The molecule has 1 saturated carbocycles. The van der Waals surface area contributed by atoms with Crippen molar-refractivity contribution in [3.05, 3.63) is 54.4 Å². The summed E-state index contributed by atoms with van der Waals surface area (Å²) in [7, 11) is 4.07. The Labute approximate surface area is 225 Å². The van der Waals surface area contributed by atoms with Gasteiger partial charge < -0.3 is 30.2 Å². The number of nitrogens with zero attached hydrogens (tertiary/aromatic N) is 5. The van der Waals surface area contributed by atoms with E-state index in [2.05, 4.69) is 44.6 Å². The molecule has 10 nitrogen and oxygen atoms in total. The monoisotopic (exact) mass is 523 g/mol. The van der Waals surface area contributed by atoms with Gasteiger partial charge in [-0.1, -0.05) is 30.3 Å². The van der Waals surface area contributed by atoms with Gasteiger partial charge in [0.1, 0.15) is 5.82 Å². The van der Waals surface area contributed by atoms with Crippen LogP contribution in [-0.2, 0) is 20.8 Å². The highest BCUT2D eigenvalue weighted by atomic mass is 16.5. The van der Waals surface area contributed by atoms with Crippen LogP contribution >= 0.6 is 0 Å². The van der Waals surface area contributed by atoms with Gasteiger partial charge in [0.25, 0.3) is 0 Å². The summed E-state index contributed by atoms with van der Waals surface area (Å²) in [5.41, 5.74) is 8.44. The molecule has 1 aliphatic rings. The van der Waals surface area contributed by atoms with Crippen molar-refractivity contribution in [2.45, 2.75) is 44.4 Å². The standard InChI is InChI=1S/C28H41N7O3/c1-34(2)27-25(20-31-35(27)21-22-6-4-3-5-7-22)26-12-14-30-28(33-26)32-23-8-10-24(11-9-23)38-19-18-37-17-16-36-15-13-29/h3-7,12,14,20,23-24H,8-11,13,15-19,21,29H2,1-2H3,(H,30,32,33)/t23-,24-. The van der Waals surface area contributed by atoms with Crippen molar-refractivity contribution in [1.82, 2.24) is 19.7 Å². The van der Waals surface area contributed by atoms with E-state index < -0.39 is 0 Å². The zero-order valence-corrected chi connectivity index (χ0v) is 22.6. The summed E-state index contributed by atoms with van der Waals surface area (Å²) < 4.78 is 18.9. The van der Waals surface area contributed by atoms with E-state index in [1.165, 1.54) is 5.56 Å². The molecule has 4 rings (SSSR count). The maximum Gasteiger partial charge on any atom is 0.223 e.